The van der Waals surface area contributed by atoms with Gasteiger partial charge in [0.2, 0.25) is 5.95 Å². The summed E-state index contributed by atoms with van der Waals surface area (Å²) in [6.07, 6.45) is 1.87. The highest BCUT2D eigenvalue weighted by atomic mass is 32.2. The molecule has 6 aromatic carbocycles. The van der Waals surface area contributed by atoms with Crippen molar-refractivity contribution in [2.45, 2.75) is 29.1 Å². The third-order valence-electron chi connectivity index (χ3n) is 11.4. The molecule has 0 saturated heterocycles. The first-order chi connectivity index (χ1) is 25.5. The van der Waals surface area contributed by atoms with Crippen LogP contribution in [0.25, 0.3) is 88.7 Å². The van der Waals surface area contributed by atoms with Crippen LogP contribution in [0.4, 0.5) is 0 Å². The van der Waals surface area contributed by atoms with Crippen LogP contribution in [-0.2, 0) is 5.41 Å². The Labute approximate surface area is 303 Å². The first-order valence-corrected chi connectivity index (χ1v) is 18.5. The molecule has 0 unspecified atom stereocenters. The van der Waals surface area contributed by atoms with E-state index in [1.54, 1.807) is 11.8 Å². The van der Waals surface area contributed by atoms with Gasteiger partial charge in [-0.15, -0.1) is 0 Å². The van der Waals surface area contributed by atoms with E-state index in [1.807, 2.05) is 6.20 Å². The van der Waals surface area contributed by atoms with Crippen LogP contribution in [0, 0.1) is 0 Å². The van der Waals surface area contributed by atoms with E-state index in [1.165, 1.54) is 59.7 Å². The molecule has 4 aromatic heterocycles. The summed E-state index contributed by atoms with van der Waals surface area (Å²) in [6, 6.07) is 48.5. The molecule has 5 nitrogen and oxygen atoms in total. The Hall–Kier alpha value is -6.24. The Bertz CT molecular complexity index is 3190. The van der Waals surface area contributed by atoms with Crippen molar-refractivity contribution in [1.29, 1.82) is 0 Å². The number of nitrogens with zero attached hydrogens (tertiary/aromatic N) is 5. The van der Waals surface area contributed by atoms with Gasteiger partial charge in [-0.05, 0) is 82.9 Å². The Kier molecular flexibility index (Phi) is 5.45. The number of aromatic nitrogens is 5. The summed E-state index contributed by atoms with van der Waals surface area (Å²) in [5.41, 5.74) is 13.6. The molecule has 0 N–H and O–H groups in total. The molecule has 1 aliphatic carbocycles. The zero-order chi connectivity index (χ0) is 34.3. The lowest BCUT2D eigenvalue weighted by Gasteiger charge is -2.22. The lowest BCUT2D eigenvalue weighted by Crippen LogP contribution is -2.15. The minimum Gasteiger partial charge on any atom is -0.309 e. The Morgan fingerprint density at radius 1 is 0.519 bits per heavy atom. The molecule has 0 radical (unpaired) electrons. The summed E-state index contributed by atoms with van der Waals surface area (Å²) < 4.78 is 4.67. The minimum absolute atomic E-state index is 0.197. The first-order valence-electron chi connectivity index (χ1n) is 17.7. The maximum Gasteiger partial charge on any atom is 0.237 e. The largest absolute Gasteiger partial charge is 0.309 e. The third kappa shape index (κ3) is 3.62. The third-order valence-corrected chi connectivity index (χ3v) is 12.5. The summed E-state index contributed by atoms with van der Waals surface area (Å²) in [5, 5.41) is 5.96. The quantitative estimate of drug-likeness (QED) is 0.182. The highest BCUT2D eigenvalue weighted by Crippen LogP contribution is 2.53. The van der Waals surface area contributed by atoms with Crippen molar-refractivity contribution in [1.82, 2.24) is 24.1 Å². The molecule has 12 rings (SSSR count). The van der Waals surface area contributed by atoms with Gasteiger partial charge in [-0.25, -0.2) is 9.97 Å². The van der Waals surface area contributed by atoms with Crippen LogP contribution in [-0.4, -0.2) is 24.1 Å². The van der Waals surface area contributed by atoms with Crippen LogP contribution in [0.5, 0.6) is 0 Å². The van der Waals surface area contributed by atoms with Crippen molar-refractivity contribution >= 4 is 66.4 Å². The maximum absolute atomic E-state index is 5.39. The second-order valence-corrected chi connectivity index (χ2v) is 15.6. The van der Waals surface area contributed by atoms with Crippen LogP contribution >= 0.6 is 11.8 Å². The fraction of sp³-hybridized carbons (Fsp3) is 0.0652. The van der Waals surface area contributed by atoms with Gasteiger partial charge in [-0.1, -0.05) is 98.4 Å². The number of hydrogen-bond donors (Lipinski definition) is 0. The van der Waals surface area contributed by atoms with Gasteiger partial charge >= 0.3 is 0 Å². The van der Waals surface area contributed by atoms with Crippen LogP contribution in [0.1, 0.15) is 25.0 Å². The van der Waals surface area contributed by atoms with Gasteiger partial charge in [0.05, 0.1) is 33.1 Å². The van der Waals surface area contributed by atoms with Crippen LogP contribution in [0.3, 0.4) is 0 Å². The van der Waals surface area contributed by atoms with E-state index < -0.39 is 0 Å². The fourth-order valence-corrected chi connectivity index (χ4v) is 10.1. The molecule has 0 fully saturated rings. The molecule has 0 spiro atoms. The van der Waals surface area contributed by atoms with Gasteiger partial charge in [-0.2, -0.15) is 4.98 Å². The van der Waals surface area contributed by atoms with Crippen LogP contribution in [0.2, 0.25) is 0 Å². The number of fused-ring (bicyclic) bond motifs is 11. The van der Waals surface area contributed by atoms with Crippen molar-refractivity contribution in [3.63, 3.8) is 0 Å². The molecule has 52 heavy (non-hydrogen) atoms. The van der Waals surface area contributed by atoms with E-state index >= 15 is 0 Å². The van der Waals surface area contributed by atoms with Gasteiger partial charge in [0.1, 0.15) is 0 Å². The maximum atomic E-state index is 5.39. The number of hydrogen-bond acceptors (Lipinski definition) is 4. The summed E-state index contributed by atoms with van der Waals surface area (Å²) in [7, 11) is 0. The van der Waals surface area contributed by atoms with Crippen molar-refractivity contribution in [3.8, 4) is 34.0 Å². The van der Waals surface area contributed by atoms with E-state index in [-0.39, 0.29) is 5.41 Å². The molecule has 0 atom stereocenters. The molecular formula is C46H29N5S. The second-order valence-electron chi connectivity index (χ2n) is 14.5. The summed E-state index contributed by atoms with van der Waals surface area (Å²) >= 11 is 1.76. The number of pyridine rings is 1. The molecule has 0 amide bonds. The predicted octanol–water partition coefficient (Wildman–Crippen LogP) is 11.7. The van der Waals surface area contributed by atoms with Crippen molar-refractivity contribution in [2.24, 2.45) is 0 Å². The van der Waals surface area contributed by atoms with Gasteiger partial charge in [0, 0.05) is 54.2 Å². The molecule has 1 aliphatic heterocycles. The topological polar surface area (TPSA) is 48.5 Å². The van der Waals surface area contributed by atoms with Gasteiger partial charge < -0.3 is 4.57 Å². The molecule has 2 aliphatic rings. The normalized spacial score (nSPS) is 14.0. The fourth-order valence-electron chi connectivity index (χ4n) is 8.99. The summed E-state index contributed by atoms with van der Waals surface area (Å²) in [4.78, 5) is 17.7. The second kappa shape index (κ2) is 9.96. The zero-order valence-electron chi connectivity index (χ0n) is 28.4. The lowest BCUT2D eigenvalue weighted by molar-refractivity contribution is 0.662. The van der Waals surface area contributed by atoms with E-state index in [4.69, 9.17) is 15.0 Å². The lowest BCUT2D eigenvalue weighted by atomic mass is 9.81. The first kappa shape index (κ1) is 28.5. The van der Waals surface area contributed by atoms with Crippen LogP contribution < -0.4 is 0 Å². The number of para-hydroxylation sites is 3. The van der Waals surface area contributed by atoms with Crippen LogP contribution in [0.15, 0.2) is 149 Å². The number of benzene rings is 6. The zero-order valence-corrected chi connectivity index (χ0v) is 29.2. The molecule has 244 valence electrons. The Balaban J connectivity index is 1.17. The molecule has 5 heterocycles. The van der Waals surface area contributed by atoms with Crippen molar-refractivity contribution < 1.29 is 0 Å². The summed E-state index contributed by atoms with van der Waals surface area (Å²) in [6.45, 7) is 4.75. The highest BCUT2D eigenvalue weighted by Gasteiger charge is 2.38. The molecule has 0 saturated carbocycles. The van der Waals surface area contributed by atoms with E-state index in [0.29, 0.717) is 11.6 Å². The molecule has 10 aromatic rings. The highest BCUT2D eigenvalue weighted by molar-refractivity contribution is 7.99. The van der Waals surface area contributed by atoms with Gasteiger partial charge in [0.15, 0.2) is 5.65 Å². The molecule has 0 bridgehead atoms. The van der Waals surface area contributed by atoms with Gasteiger partial charge in [0.25, 0.3) is 0 Å². The summed E-state index contributed by atoms with van der Waals surface area (Å²) in [5.74, 6) is 0.636. The molecule has 6 heteroatoms. The van der Waals surface area contributed by atoms with Crippen molar-refractivity contribution in [3.05, 3.63) is 151 Å². The number of rotatable bonds is 2. The standard InChI is InChI=1S/C46H29N5S/c1-46(2)34-22-32-27-14-6-9-17-36(27)50(26-12-4-3-5-13-26)38(32)24-30(34)31-25-39-33(23-35(31)46)28-15-7-10-18-37(28)51(39)45-48-43-29-16-8-11-19-40(29)52-41-20-21-47-44(49-45)42(41)43/h3-25H,1-2H3. The van der Waals surface area contributed by atoms with E-state index in [0.717, 1.165) is 38.3 Å². The Morgan fingerprint density at radius 2 is 1.13 bits per heavy atom. The smallest absolute Gasteiger partial charge is 0.237 e. The van der Waals surface area contributed by atoms with Gasteiger partial charge in [-0.3, -0.25) is 4.57 Å². The monoisotopic (exact) mass is 683 g/mol. The average molecular weight is 684 g/mol. The Morgan fingerprint density at radius 3 is 1.87 bits per heavy atom. The average Bonchev–Trinajstić information content (AvgIpc) is 3.76. The van der Waals surface area contributed by atoms with Crippen molar-refractivity contribution in [2.75, 3.05) is 0 Å². The van der Waals surface area contributed by atoms with E-state index in [9.17, 15) is 0 Å². The SMILES string of the molecule is CC1(C)c2cc3c4ccccc4n(-c4ccccc4)c3cc2-c2cc3c(cc21)c1ccccc1n3-c1nc2c3c(ccnc3n1)Sc1ccccc1-2. The molecular weight excluding hydrogens is 655 g/mol. The minimum atomic E-state index is -0.197. The van der Waals surface area contributed by atoms with E-state index in [2.05, 4.69) is 156 Å². The predicted molar refractivity (Wildman–Crippen MR) is 213 cm³/mol.